The topological polar surface area (TPSA) is 0 Å². The minimum atomic E-state index is -0.179. The van der Waals surface area contributed by atoms with E-state index in [1.165, 1.54) is 108 Å². The molecule has 0 saturated carbocycles. The Bertz CT molecular complexity index is 2750. The Kier molecular flexibility index (Phi) is 6.74. The summed E-state index contributed by atoms with van der Waals surface area (Å²) in [6.07, 6.45) is 0. The van der Waals surface area contributed by atoms with E-state index >= 15 is 0 Å². The van der Waals surface area contributed by atoms with Crippen LogP contribution in [-0.4, -0.2) is 0 Å². The van der Waals surface area contributed by atoms with Gasteiger partial charge in [0.05, 0.1) is 0 Å². The normalized spacial score (nSPS) is 13.2. The van der Waals surface area contributed by atoms with Crippen LogP contribution >= 0.6 is 22.7 Å². The van der Waals surface area contributed by atoms with Gasteiger partial charge in [-0.3, -0.25) is 0 Å². The summed E-state index contributed by atoms with van der Waals surface area (Å²) in [7, 11) is 0. The molecule has 53 heavy (non-hydrogen) atoms. The molecule has 0 N–H and O–H groups in total. The molecule has 0 atom stereocenters. The number of fused-ring (bicyclic) bond motifs is 7. The molecule has 0 saturated heterocycles. The molecule has 8 aromatic carbocycles. The summed E-state index contributed by atoms with van der Waals surface area (Å²) >= 11 is 3.63. The zero-order valence-corrected chi connectivity index (χ0v) is 31.1. The minimum Gasteiger partial charge on any atom is -0.144 e. The van der Waals surface area contributed by atoms with Crippen LogP contribution in [0.4, 0.5) is 0 Å². The molecule has 2 aromatic heterocycles. The standard InChI is InChI=1S/C51H34S2/c1-51(2)43-29-31(47-35-13-3-7-17-39(35)49(45-21-11-27-52-45)40-18-8-4-14-36(40)47)23-25-33(43)34-26-24-32(30-44(34)51)48-37-15-5-9-19-41(37)50(46-22-12-28-53-46)42-20-10-6-16-38(42)48/h3-30H,1-2H3. The Morgan fingerprint density at radius 3 is 0.962 bits per heavy atom. The van der Waals surface area contributed by atoms with Crippen molar-refractivity contribution < 1.29 is 0 Å². The van der Waals surface area contributed by atoms with Crippen molar-refractivity contribution in [1.29, 1.82) is 0 Å². The molecule has 0 bridgehead atoms. The Labute approximate surface area is 317 Å². The van der Waals surface area contributed by atoms with Gasteiger partial charge in [-0.05, 0) is 123 Å². The smallest absolute Gasteiger partial charge is 0.0355 e. The minimum absolute atomic E-state index is 0.179. The van der Waals surface area contributed by atoms with Gasteiger partial charge in [0, 0.05) is 26.3 Å². The largest absolute Gasteiger partial charge is 0.144 e. The van der Waals surface area contributed by atoms with Crippen LogP contribution in [0.1, 0.15) is 25.0 Å². The third-order valence-electron chi connectivity index (χ3n) is 11.7. The van der Waals surface area contributed by atoms with Gasteiger partial charge in [0.25, 0.3) is 0 Å². The molecule has 10 aromatic rings. The zero-order chi connectivity index (χ0) is 35.3. The van der Waals surface area contributed by atoms with Crippen LogP contribution in [0.15, 0.2) is 168 Å². The van der Waals surface area contributed by atoms with Crippen molar-refractivity contribution in [1.82, 2.24) is 0 Å². The van der Waals surface area contributed by atoms with E-state index < -0.39 is 0 Å². The predicted molar refractivity (Wildman–Crippen MR) is 232 cm³/mol. The molecule has 11 rings (SSSR count). The number of benzene rings is 8. The monoisotopic (exact) mass is 710 g/mol. The molecule has 250 valence electrons. The lowest BCUT2D eigenvalue weighted by atomic mass is 9.79. The molecule has 0 fully saturated rings. The van der Waals surface area contributed by atoms with Crippen molar-refractivity contribution in [3.63, 3.8) is 0 Å². The third kappa shape index (κ3) is 4.46. The molecular formula is C51H34S2. The Morgan fingerprint density at radius 2 is 0.660 bits per heavy atom. The van der Waals surface area contributed by atoms with Gasteiger partial charge in [0.15, 0.2) is 0 Å². The second kappa shape index (κ2) is 11.6. The van der Waals surface area contributed by atoms with E-state index in [9.17, 15) is 0 Å². The highest BCUT2D eigenvalue weighted by Crippen LogP contribution is 2.53. The Balaban J connectivity index is 1.11. The quantitative estimate of drug-likeness (QED) is 0.160. The van der Waals surface area contributed by atoms with Crippen molar-refractivity contribution in [3.8, 4) is 54.3 Å². The van der Waals surface area contributed by atoms with Crippen molar-refractivity contribution in [3.05, 3.63) is 180 Å². The van der Waals surface area contributed by atoms with Crippen LogP contribution in [0.3, 0.4) is 0 Å². The van der Waals surface area contributed by atoms with Gasteiger partial charge < -0.3 is 0 Å². The fourth-order valence-corrected chi connectivity index (χ4v) is 10.9. The van der Waals surface area contributed by atoms with E-state index in [0.717, 1.165) is 0 Å². The van der Waals surface area contributed by atoms with Crippen LogP contribution in [0.25, 0.3) is 97.4 Å². The molecule has 0 amide bonds. The second-order valence-electron chi connectivity index (χ2n) is 14.8. The Morgan fingerprint density at radius 1 is 0.340 bits per heavy atom. The zero-order valence-electron chi connectivity index (χ0n) is 29.5. The molecule has 1 aliphatic rings. The number of hydrogen-bond donors (Lipinski definition) is 0. The van der Waals surface area contributed by atoms with Gasteiger partial charge in [-0.1, -0.05) is 147 Å². The van der Waals surface area contributed by atoms with Crippen molar-refractivity contribution in [2.45, 2.75) is 19.3 Å². The predicted octanol–water partition coefficient (Wildman–Crippen LogP) is 15.4. The maximum atomic E-state index is 2.49. The van der Waals surface area contributed by atoms with Crippen LogP contribution in [0.2, 0.25) is 0 Å². The van der Waals surface area contributed by atoms with Gasteiger partial charge in [-0.15, -0.1) is 22.7 Å². The average Bonchev–Trinajstić information content (AvgIpc) is 3.98. The lowest BCUT2D eigenvalue weighted by Crippen LogP contribution is -2.15. The third-order valence-corrected chi connectivity index (χ3v) is 13.4. The first-order valence-electron chi connectivity index (χ1n) is 18.3. The van der Waals surface area contributed by atoms with Gasteiger partial charge in [0.2, 0.25) is 0 Å². The molecule has 0 nitrogen and oxygen atoms in total. The first kappa shape index (κ1) is 30.8. The lowest BCUT2D eigenvalue weighted by molar-refractivity contribution is 0.661. The van der Waals surface area contributed by atoms with Gasteiger partial charge >= 0.3 is 0 Å². The molecule has 2 heteroatoms. The lowest BCUT2D eigenvalue weighted by Gasteiger charge is -2.24. The fourth-order valence-electron chi connectivity index (χ4n) is 9.30. The van der Waals surface area contributed by atoms with Crippen LogP contribution in [-0.2, 0) is 5.41 Å². The molecule has 0 radical (unpaired) electrons. The first-order valence-corrected chi connectivity index (χ1v) is 20.1. The maximum Gasteiger partial charge on any atom is 0.0355 e. The highest BCUT2D eigenvalue weighted by molar-refractivity contribution is 7.14. The van der Waals surface area contributed by atoms with E-state index in [4.69, 9.17) is 0 Å². The van der Waals surface area contributed by atoms with Gasteiger partial charge in [-0.25, -0.2) is 0 Å². The van der Waals surface area contributed by atoms with E-state index in [0.29, 0.717) is 0 Å². The molecule has 2 heterocycles. The van der Waals surface area contributed by atoms with Crippen LogP contribution < -0.4 is 0 Å². The van der Waals surface area contributed by atoms with E-state index in [1.807, 2.05) is 22.7 Å². The second-order valence-corrected chi connectivity index (χ2v) is 16.7. The Hall–Kier alpha value is -5.80. The summed E-state index contributed by atoms with van der Waals surface area (Å²) in [5, 5.41) is 14.8. The van der Waals surface area contributed by atoms with E-state index in [2.05, 4.69) is 182 Å². The van der Waals surface area contributed by atoms with Crippen LogP contribution in [0.5, 0.6) is 0 Å². The summed E-state index contributed by atoms with van der Waals surface area (Å²) in [5.41, 5.74) is 13.1. The van der Waals surface area contributed by atoms with E-state index in [-0.39, 0.29) is 5.41 Å². The summed E-state index contributed by atoms with van der Waals surface area (Å²) in [6, 6.07) is 59.2. The molecule has 0 spiro atoms. The average molecular weight is 711 g/mol. The summed E-state index contributed by atoms with van der Waals surface area (Å²) in [4.78, 5) is 2.62. The van der Waals surface area contributed by atoms with Gasteiger partial charge in [-0.2, -0.15) is 0 Å². The summed E-state index contributed by atoms with van der Waals surface area (Å²) in [6.45, 7) is 4.83. The van der Waals surface area contributed by atoms with Crippen molar-refractivity contribution in [2.75, 3.05) is 0 Å². The maximum absolute atomic E-state index is 2.49. The highest BCUT2D eigenvalue weighted by atomic mass is 32.1. The van der Waals surface area contributed by atoms with Gasteiger partial charge in [0.1, 0.15) is 0 Å². The number of thiophene rings is 2. The van der Waals surface area contributed by atoms with Crippen molar-refractivity contribution >= 4 is 65.8 Å². The van der Waals surface area contributed by atoms with Crippen molar-refractivity contribution in [2.24, 2.45) is 0 Å². The summed E-state index contributed by atoms with van der Waals surface area (Å²) < 4.78 is 0. The molecule has 0 unspecified atom stereocenters. The first-order chi connectivity index (χ1) is 26.1. The van der Waals surface area contributed by atoms with E-state index in [1.54, 1.807) is 0 Å². The SMILES string of the molecule is CC1(C)c2cc(-c3c4ccccc4c(-c4cccs4)c4ccccc34)ccc2-c2ccc(-c3c4ccccc4c(-c4cccs4)c4ccccc34)cc21. The number of hydrogen-bond acceptors (Lipinski definition) is 2. The highest BCUT2D eigenvalue weighted by Gasteiger charge is 2.36. The number of rotatable bonds is 4. The molecular weight excluding hydrogens is 677 g/mol. The molecule has 0 aliphatic heterocycles. The fraction of sp³-hybridized carbons (Fsp3) is 0.0588. The van der Waals surface area contributed by atoms with Crippen LogP contribution in [0, 0.1) is 0 Å². The molecule has 1 aliphatic carbocycles. The summed E-state index contributed by atoms with van der Waals surface area (Å²) in [5.74, 6) is 0.